The Bertz CT molecular complexity index is 1310. The molecule has 0 atom stereocenters. The van der Waals surface area contributed by atoms with Crippen LogP contribution >= 0.6 is 17.0 Å². The molecule has 4 aromatic carbocycles. The van der Waals surface area contributed by atoms with Gasteiger partial charge < -0.3 is 0 Å². The molecule has 0 saturated heterocycles. The molecule has 0 amide bonds. The molecule has 0 fully saturated rings. The minimum Gasteiger partial charge on any atom is -0.153 e. The molecule has 0 unspecified atom stereocenters. The van der Waals surface area contributed by atoms with Gasteiger partial charge >= 0.3 is 79.2 Å². The summed E-state index contributed by atoms with van der Waals surface area (Å²) >= 11 is -1.78. The Morgan fingerprint density at radius 1 is 0.600 bits per heavy atom. The zero-order valence-corrected chi connectivity index (χ0v) is 31.8. The third-order valence-electron chi connectivity index (χ3n) is 8.16. The van der Waals surface area contributed by atoms with Gasteiger partial charge in [0.1, 0.15) is 0 Å². The van der Waals surface area contributed by atoms with Crippen molar-refractivity contribution in [3.05, 3.63) is 80.9 Å². The summed E-state index contributed by atoms with van der Waals surface area (Å²) in [5.74, 6) is 0. The van der Waals surface area contributed by atoms with Crippen molar-refractivity contribution in [1.82, 2.24) is 0 Å². The first-order chi connectivity index (χ1) is 19.0. The second kappa shape index (κ2) is 17.5. The van der Waals surface area contributed by atoms with E-state index >= 15 is 0 Å². The molecule has 4 rings (SSSR count). The normalized spacial score (nSPS) is 10.8. The molecule has 0 spiro atoms. The van der Waals surface area contributed by atoms with Crippen molar-refractivity contribution in [2.24, 2.45) is 0 Å². The maximum absolute atomic E-state index is 6.01. The number of halogens is 2. The van der Waals surface area contributed by atoms with E-state index in [1.54, 1.807) is 0 Å². The van der Waals surface area contributed by atoms with Crippen molar-refractivity contribution in [3.63, 3.8) is 0 Å². The first kappa shape index (κ1) is 35.5. The van der Waals surface area contributed by atoms with E-state index in [-0.39, 0.29) is 5.43 Å². The molecule has 0 aromatic heterocycles. The number of aryl methyl sites for hydroxylation is 8. The van der Waals surface area contributed by atoms with Gasteiger partial charge in [0.05, 0.1) is 0 Å². The van der Waals surface area contributed by atoms with Gasteiger partial charge in [-0.2, -0.15) is 11.1 Å². The predicted molar refractivity (Wildman–Crippen MR) is 183 cm³/mol. The van der Waals surface area contributed by atoms with Crippen LogP contribution in [0.2, 0.25) is 12.1 Å². The van der Waals surface area contributed by atoms with Crippen LogP contribution in [-0.4, -0.2) is 5.43 Å². The third-order valence-corrected chi connectivity index (χ3v) is 28.0. The molecule has 0 radical (unpaired) electrons. The third kappa shape index (κ3) is 9.17. The minimum atomic E-state index is -1.78. The maximum atomic E-state index is 6.01. The predicted octanol–water partition coefficient (Wildman–Crippen LogP) is 12.6. The average Bonchev–Trinajstić information content (AvgIpc) is 3.40. The maximum Gasteiger partial charge on any atom is -0.0371 e. The van der Waals surface area contributed by atoms with Crippen LogP contribution in [0.4, 0.5) is 0 Å². The number of hydrogen-bond acceptors (Lipinski definition) is 0. The molecule has 0 aliphatic carbocycles. The average molecular weight is 675 g/mol. The van der Waals surface area contributed by atoms with Crippen molar-refractivity contribution < 1.29 is 18.0 Å². The first-order valence-corrected chi connectivity index (χ1v) is 27.3. The summed E-state index contributed by atoms with van der Waals surface area (Å²) in [4.78, 5) is 0. The van der Waals surface area contributed by atoms with E-state index in [9.17, 15) is 0 Å². The molecule has 0 saturated carbocycles. The molecule has 0 bridgehead atoms. The fourth-order valence-corrected chi connectivity index (χ4v) is 20.7. The summed E-state index contributed by atoms with van der Waals surface area (Å²) < 4.78 is 0. The standard InChI is InChI=1S/2C15H19.C6H14Si.2ClH.Zr/c2*1-5-6-13-8-7-10(2)14-9-11(3)12(4)15(13)14;1-3-5-7-6-4-2;;;/h2*7-9H,5-6H2,1-4H3;3-6H2,1-2H3;2*1H;/q2*-1;;;;+2/p-2. The van der Waals surface area contributed by atoms with Crippen molar-refractivity contribution in [2.75, 3.05) is 0 Å². The summed E-state index contributed by atoms with van der Waals surface area (Å²) in [6, 6.07) is 16.5. The molecule has 0 heterocycles. The topological polar surface area (TPSA) is 0 Å². The van der Waals surface area contributed by atoms with Crippen LogP contribution in [0.1, 0.15) is 97.9 Å². The second-order valence-corrected chi connectivity index (χ2v) is 32.5. The fraction of sp³-hybridized carbons (Fsp3) is 0.500. The zero-order valence-electron chi connectivity index (χ0n) is 26.9. The van der Waals surface area contributed by atoms with E-state index in [0.29, 0.717) is 0 Å². The Hall–Kier alpha value is -0.660. The van der Waals surface area contributed by atoms with Gasteiger partial charge in [-0.3, -0.25) is 0 Å². The molecular weight excluding hydrogens is 623 g/mol. The van der Waals surface area contributed by atoms with Crippen molar-refractivity contribution >= 4 is 44.0 Å². The number of hydrogen-bond donors (Lipinski definition) is 0. The minimum absolute atomic E-state index is 0.236. The zero-order chi connectivity index (χ0) is 30.0. The molecule has 0 aliphatic rings. The van der Waals surface area contributed by atoms with Crippen LogP contribution in [-0.2, 0) is 30.8 Å². The van der Waals surface area contributed by atoms with Gasteiger partial charge in [0, 0.05) is 0 Å². The van der Waals surface area contributed by atoms with Gasteiger partial charge in [-0.05, 0) is 12.8 Å². The summed E-state index contributed by atoms with van der Waals surface area (Å²) in [5.41, 5.74) is 11.4. The van der Waals surface area contributed by atoms with Gasteiger partial charge in [0.25, 0.3) is 0 Å². The van der Waals surface area contributed by atoms with Gasteiger partial charge in [-0.15, -0.1) is 68.1 Å². The van der Waals surface area contributed by atoms with Gasteiger partial charge in [0.2, 0.25) is 0 Å². The number of benzene rings is 2. The van der Waals surface area contributed by atoms with Gasteiger partial charge in [0.15, 0.2) is 0 Å². The molecule has 40 heavy (non-hydrogen) atoms. The Morgan fingerprint density at radius 2 is 0.975 bits per heavy atom. The monoisotopic (exact) mass is 672 g/mol. The Morgan fingerprint density at radius 3 is 1.27 bits per heavy atom. The van der Waals surface area contributed by atoms with Crippen molar-refractivity contribution in [1.29, 1.82) is 0 Å². The molecule has 220 valence electrons. The van der Waals surface area contributed by atoms with Crippen LogP contribution < -0.4 is 0 Å². The summed E-state index contributed by atoms with van der Waals surface area (Å²) in [6.45, 7) is 22.3. The molecule has 4 heteroatoms. The van der Waals surface area contributed by atoms with Crippen LogP contribution in [0, 0.1) is 41.5 Å². The first-order valence-electron chi connectivity index (χ1n) is 15.3. The van der Waals surface area contributed by atoms with E-state index < -0.39 is 18.0 Å². The van der Waals surface area contributed by atoms with Crippen LogP contribution in [0.25, 0.3) is 21.5 Å². The summed E-state index contributed by atoms with van der Waals surface area (Å²) in [5, 5.41) is 5.93. The Balaban J connectivity index is 0.000000216. The van der Waals surface area contributed by atoms with Crippen LogP contribution in [0.5, 0.6) is 0 Å². The van der Waals surface area contributed by atoms with E-state index in [2.05, 4.69) is 106 Å². The summed E-state index contributed by atoms with van der Waals surface area (Å²) in [7, 11) is 12.0. The molecular formula is C36H52Cl2SiZr-2. The molecule has 0 nitrogen and oxygen atoms in total. The quantitative estimate of drug-likeness (QED) is 0.129. The Labute approximate surface area is 260 Å². The van der Waals surface area contributed by atoms with Gasteiger partial charge in [-0.1, -0.05) is 91.5 Å². The molecule has 0 aliphatic heterocycles. The van der Waals surface area contributed by atoms with Crippen molar-refractivity contribution in [3.8, 4) is 0 Å². The van der Waals surface area contributed by atoms with Crippen LogP contribution in [0.15, 0.2) is 36.4 Å². The second-order valence-electron chi connectivity index (χ2n) is 11.4. The van der Waals surface area contributed by atoms with Crippen LogP contribution in [0.3, 0.4) is 0 Å². The van der Waals surface area contributed by atoms with Gasteiger partial charge in [-0.25, -0.2) is 0 Å². The van der Waals surface area contributed by atoms with E-state index in [1.807, 2.05) is 0 Å². The largest absolute Gasteiger partial charge is 0.153 e. The smallest absolute Gasteiger partial charge is 0.0371 e. The fourth-order valence-electron chi connectivity index (χ4n) is 5.71. The SMILES string of the molecule is CCC[Si](CCC)=[Zr]([Cl])[Cl].CCCc1ccc(C)c2[cH-]c(C)c(C)c12.CCCc1ccc(C)c2[cH-]c(C)c(C)c12. The van der Waals surface area contributed by atoms with Crippen molar-refractivity contribution in [2.45, 2.75) is 120 Å². The molecule has 4 aromatic rings. The number of fused-ring (bicyclic) bond motifs is 2. The van der Waals surface area contributed by atoms with E-state index in [0.717, 1.165) is 0 Å². The van der Waals surface area contributed by atoms with E-state index in [1.165, 1.54) is 117 Å². The number of rotatable bonds is 8. The molecule has 0 N–H and O–H groups in total. The van der Waals surface area contributed by atoms with E-state index in [4.69, 9.17) is 17.0 Å². The summed E-state index contributed by atoms with van der Waals surface area (Å²) in [6.07, 6.45) is 7.39. The Kier molecular flexibility index (Phi) is 15.5.